The Bertz CT molecular complexity index is 571. The van der Waals surface area contributed by atoms with E-state index in [-0.39, 0.29) is 0 Å². The zero-order chi connectivity index (χ0) is 17.7. The average molecular weight is 342 g/mol. The molecule has 1 aromatic carbocycles. The first-order chi connectivity index (χ1) is 12.3. The van der Waals surface area contributed by atoms with Crippen LogP contribution in [0.2, 0.25) is 0 Å². The number of rotatable bonds is 13. The zero-order valence-corrected chi connectivity index (χ0v) is 16.4. The lowest BCUT2D eigenvalue weighted by Gasteiger charge is -2.06. The highest BCUT2D eigenvalue weighted by Gasteiger charge is 2.16. The second-order valence-electron chi connectivity index (χ2n) is 7.24. The van der Waals surface area contributed by atoms with E-state index in [9.17, 15) is 0 Å². The lowest BCUT2D eigenvalue weighted by Crippen LogP contribution is -2.37. The summed E-state index contributed by atoms with van der Waals surface area (Å²) in [5.41, 5.74) is 1.41. The molecule has 0 bridgehead atoms. The van der Waals surface area contributed by atoms with Crippen molar-refractivity contribution in [2.24, 2.45) is 0 Å². The van der Waals surface area contributed by atoms with Gasteiger partial charge < -0.3 is 0 Å². The van der Waals surface area contributed by atoms with Crippen molar-refractivity contribution in [3.63, 3.8) is 0 Å². The lowest BCUT2D eigenvalue weighted by atomic mass is 10.1. The molecule has 0 radical (unpaired) electrons. The quantitative estimate of drug-likeness (QED) is 0.316. The van der Waals surface area contributed by atoms with Crippen LogP contribution in [0.1, 0.15) is 83.0 Å². The number of hydrogen-bond donors (Lipinski definition) is 0. The van der Waals surface area contributed by atoms with Crippen molar-refractivity contribution in [2.45, 2.75) is 91.1 Å². The largest absolute Gasteiger partial charge is 0.260 e. The van der Waals surface area contributed by atoms with Crippen LogP contribution < -0.4 is 4.57 Å². The fraction of sp³-hybridized carbons (Fsp3) is 0.609. The Morgan fingerprint density at radius 2 is 1.48 bits per heavy atom. The zero-order valence-electron chi connectivity index (χ0n) is 16.4. The van der Waals surface area contributed by atoms with Gasteiger partial charge in [0, 0.05) is 0 Å². The number of hydrogen-bond acceptors (Lipinski definition) is 0. The van der Waals surface area contributed by atoms with Gasteiger partial charge in [-0.15, -0.1) is 0 Å². The molecule has 2 heteroatoms. The van der Waals surface area contributed by atoms with E-state index in [0.717, 1.165) is 19.5 Å². The van der Waals surface area contributed by atoms with E-state index in [1.54, 1.807) is 0 Å². The third kappa shape index (κ3) is 7.05. The summed E-state index contributed by atoms with van der Waals surface area (Å²) in [7, 11) is 0. The summed E-state index contributed by atoms with van der Waals surface area (Å²) in [6.07, 6.45) is 17.9. The smallest absolute Gasteiger partial charge is 0.234 e. The molecule has 25 heavy (non-hydrogen) atoms. The molecule has 0 saturated heterocycles. The molecule has 0 saturated carbocycles. The number of aromatic nitrogens is 2. The number of benzene rings is 1. The van der Waals surface area contributed by atoms with Gasteiger partial charge in [0.15, 0.2) is 0 Å². The van der Waals surface area contributed by atoms with Gasteiger partial charge in [0.05, 0.1) is 19.5 Å². The molecular formula is C23H37N2+. The van der Waals surface area contributed by atoms with Gasteiger partial charge in [-0.25, -0.2) is 9.13 Å². The normalized spacial score (nSPS) is 11.1. The second-order valence-corrected chi connectivity index (χ2v) is 7.24. The molecular weight excluding hydrogens is 304 g/mol. The van der Waals surface area contributed by atoms with Crippen molar-refractivity contribution in [3.8, 4) is 0 Å². The van der Waals surface area contributed by atoms with Crippen molar-refractivity contribution in [2.75, 3.05) is 0 Å². The van der Waals surface area contributed by atoms with Crippen molar-refractivity contribution in [3.05, 3.63) is 54.1 Å². The highest BCUT2D eigenvalue weighted by molar-refractivity contribution is 5.18. The summed E-state index contributed by atoms with van der Waals surface area (Å²) in [5, 5.41) is 0. The van der Waals surface area contributed by atoms with E-state index < -0.39 is 0 Å². The summed E-state index contributed by atoms with van der Waals surface area (Å²) in [5.74, 6) is 1.45. The molecule has 138 valence electrons. The third-order valence-electron chi connectivity index (χ3n) is 5.01. The van der Waals surface area contributed by atoms with Crippen LogP contribution in [0, 0.1) is 0 Å². The summed E-state index contributed by atoms with van der Waals surface area (Å²) in [4.78, 5) is 0. The van der Waals surface area contributed by atoms with Crippen molar-refractivity contribution < 1.29 is 4.57 Å². The Balaban J connectivity index is 1.83. The molecule has 0 aliphatic carbocycles. The molecule has 2 rings (SSSR count). The van der Waals surface area contributed by atoms with Gasteiger partial charge in [0.25, 0.3) is 5.82 Å². The first kappa shape index (κ1) is 19.8. The fourth-order valence-electron chi connectivity index (χ4n) is 3.54. The summed E-state index contributed by atoms with van der Waals surface area (Å²) in [6.45, 7) is 6.82. The maximum atomic E-state index is 2.49. The van der Waals surface area contributed by atoms with Gasteiger partial charge in [-0.1, -0.05) is 82.7 Å². The van der Waals surface area contributed by atoms with Crippen LogP contribution in [0.4, 0.5) is 0 Å². The molecule has 0 aliphatic heterocycles. The molecule has 2 aromatic rings. The van der Waals surface area contributed by atoms with Crippen LogP contribution >= 0.6 is 0 Å². The number of aryl methyl sites for hydroxylation is 2. The molecule has 1 aromatic heterocycles. The first-order valence-corrected chi connectivity index (χ1v) is 10.5. The van der Waals surface area contributed by atoms with Crippen molar-refractivity contribution >= 4 is 0 Å². The average Bonchev–Trinajstić information content (AvgIpc) is 3.00. The van der Waals surface area contributed by atoms with Gasteiger partial charge in [0.2, 0.25) is 0 Å². The maximum Gasteiger partial charge on any atom is 0.260 e. The van der Waals surface area contributed by atoms with E-state index in [1.165, 1.54) is 69.2 Å². The standard InChI is InChI=1S/C23H37N2/c1-3-5-6-7-8-9-10-14-18-25-20-19-24(17-4-2)23(25)21-22-15-12-11-13-16-22/h11-13,15-16,19-20H,3-10,14,17-18,21H2,1-2H3/q+1. The third-order valence-corrected chi connectivity index (χ3v) is 5.01. The number of imidazole rings is 1. The van der Waals surface area contributed by atoms with Crippen molar-refractivity contribution in [1.82, 2.24) is 4.57 Å². The minimum Gasteiger partial charge on any atom is -0.234 e. The van der Waals surface area contributed by atoms with E-state index in [0.29, 0.717) is 0 Å². The minimum atomic E-state index is 1.03. The number of unbranched alkanes of at least 4 members (excludes halogenated alkanes) is 7. The predicted octanol–water partition coefficient (Wildman–Crippen LogP) is 5.92. The van der Waals surface area contributed by atoms with Crippen LogP contribution in [0.3, 0.4) is 0 Å². The summed E-state index contributed by atoms with van der Waals surface area (Å²) >= 11 is 0. The van der Waals surface area contributed by atoms with Gasteiger partial charge in [-0.2, -0.15) is 0 Å². The van der Waals surface area contributed by atoms with Crippen LogP contribution in [-0.4, -0.2) is 4.57 Å². The Morgan fingerprint density at radius 1 is 0.800 bits per heavy atom. The van der Waals surface area contributed by atoms with Crippen LogP contribution in [0.15, 0.2) is 42.7 Å². The highest BCUT2D eigenvalue weighted by atomic mass is 15.1. The molecule has 2 nitrogen and oxygen atoms in total. The lowest BCUT2D eigenvalue weighted by molar-refractivity contribution is -0.703. The predicted molar refractivity (Wildman–Crippen MR) is 107 cm³/mol. The monoisotopic (exact) mass is 341 g/mol. The molecule has 0 amide bonds. The Morgan fingerprint density at radius 3 is 2.16 bits per heavy atom. The Hall–Kier alpha value is -1.57. The van der Waals surface area contributed by atoms with Gasteiger partial charge in [-0.05, 0) is 24.8 Å². The topological polar surface area (TPSA) is 8.81 Å². The van der Waals surface area contributed by atoms with Crippen molar-refractivity contribution in [1.29, 1.82) is 0 Å². The van der Waals surface area contributed by atoms with Crippen LogP contribution in [-0.2, 0) is 19.5 Å². The molecule has 0 aliphatic rings. The second kappa shape index (κ2) is 11.9. The van der Waals surface area contributed by atoms with E-state index in [2.05, 4.69) is 65.7 Å². The van der Waals surface area contributed by atoms with Gasteiger partial charge >= 0.3 is 0 Å². The fourth-order valence-corrected chi connectivity index (χ4v) is 3.54. The molecule has 0 N–H and O–H groups in total. The molecule has 0 unspecified atom stereocenters. The van der Waals surface area contributed by atoms with Gasteiger partial charge in [-0.3, -0.25) is 0 Å². The number of nitrogens with zero attached hydrogens (tertiary/aromatic N) is 2. The van der Waals surface area contributed by atoms with Crippen LogP contribution in [0.5, 0.6) is 0 Å². The van der Waals surface area contributed by atoms with E-state index >= 15 is 0 Å². The summed E-state index contributed by atoms with van der Waals surface area (Å²) in [6, 6.07) is 10.9. The molecule has 0 spiro atoms. The van der Waals surface area contributed by atoms with Gasteiger partial charge in [0.1, 0.15) is 12.4 Å². The summed E-state index contributed by atoms with van der Waals surface area (Å²) < 4.78 is 4.93. The van der Waals surface area contributed by atoms with E-state index in [4.69, 9.17) is 0 Å². The van der Waals surface area contributed by atoms with Crippen LogP contribution in [0.25, 0.3) is 0 Å². The molecule has 0 atom stereocenters. The minimum absolute atomic E-state index is 1.03. The SMILES string of the molecule is CCCCCCCCCC[n+]1ccn(CCC)c1Cc1ccccc1. The maximum absolute atomic E-state index is 2.49. The molecule has 1 heterocycles. The van der Waals surface area contributed by atoms with E-state index in [1.807, 2.05) is 0 Å². The Labute approximate surface area is 154 Å². The first-order valence-electron chi connectivity index (χ1n) is 10.5. The highest BCUT2D eigenvalue weighted by Crippen LogP contribution is 2.10. The Kier molecular flexibility index (Phi) is 9.40. The molecule has 0 fully saturated rings.